The first-order valence-corrected chi connectivity index (χ1v) is 6.24. The summed E-state index contributed by atoms with van der Waals surface area (Å²) in [6, 6.07) is 3.54. The SMILES string of the molecule is COc1cc(-c2cc(N)no2)c(Br)c2c1OCC2. The molecule has 2 aromatic rings. The highest BCUT2D eigenvalue weighted by Crippen LogP contribution is 2.45. The van der Waals surface area contributed by atoms with Crippen LogP contribution in [0.3, 0.4) is 0 Å². The molecule has 1 aliphatic heterocycles. The summed E-state index contributed by atoms with van der Waals surface area (Å²) in [6.07, 6.45) is 0.837. The van der Waals surface area contributed by atoms with Gasteiger partial charge in [0.15, 0.2) is 23.1 Å². The third-order valence-electron chi connectivity index (χ3n) is 2.89. The molecule has 0 amide bonds. The maximum atomic E-state index is 5.57. The Kier molecular flexibility index (Phi) is 2.66. The van der Waals surface area contributed by atoms with Crippen molar-refractivity contribution in [3.8, 4) is 22.8 Å². The molecule has 1 aromatic carbocycles. The summed E-state index contributed by atoms with van der Waals surface area (Å²) in [5, 5.41) is 3.69. The first-order valence-electron chi connectivity index (χ1n) is 5.45. The molecular weight excluding hydrogens is 300 g/mol. The molecule has 2 N–H and O–H groups in total. The number of anilines is 1. The van der Waals surface area contributed by atoms with Gasteiger partial charge in [-0.1, -0.05) is 5.16 Å². The molecule has 1 aromatic heterocycles. The summed E-state index contributed by atoms with van der Waals surface area (Å²) in [6.45, 7) is 0.659. The van der Waals surface area contributed by atoms with Crippen LogP contribution in [0.2, 0.25) is 0 Å². The van der Waals surface area contributed by atoms with Gasteiger partial charge in [0.25, 0.3) is 0 Å². The van der Waals surface area contributed by atoms with E-state index in [0.717, 1.165) is 27.8 Å². The van der Waals surface area contributed by atoms with Crippen LogP contribution >= 0.6 is 15.9 Å². The highest BCUT2D eigenvalue weighted by atomic mass is 79.9. The Hall–Kier alpha value is -1.69. The van der Waals surface area contributed by atoms with Crippen LogP contribution in [0, 0.1) is 0 Å². The third-order valence-corrected chi connectivity index (χ3v) is 3.79. The number of hydrogen-bond acceptors (Lipinski definition) is 5. The zero-order valence-electron chi connectivity index (χ0n) is 9.70. The molecule has 0 bridgehead atoms. The van der Waals surface area contributed by atoms with Crippen LogP contribution in [0.25, 0.3) is 11.3 Å². The lowest BCUT2D eigenvalue weighted by Gasteiger charge is -2.11. The quantitative estimate of drug-likeness (QED) is 0.923. The molecule has 5 nitrogen and oxygen atoms in total. The largest absolute Gasteiger partial charge is 0.493 e. The normalized spacial score (nSPS) is 13.2. The number of nitrogens with zero attached hydrogens (tertiary/aromatic N) is 1. The second-order valence-corrected chi connectivity index (χ2v) is 4.76. The van der Waals surface area contributed by atoms with E-state index in [-0.39, 0.29) is 0 Å². The number of halogens is 1. The molecule has 0 fully saturated rings. The van der Waals surface area contributed by atoms with Gasteiger partial charge < -0.3 is 19.7 Å². The number of methoxy groups -OCH3 is 1. The number of aromatic nitrogens is 1. The molecule has 94 valence electrons. The molecule has 0 spiro atoms. The Bertz CT molecular complexity index is 610. The fourth-order valence-corrected chi connectivity index (χ4v) is 2.74. The maximum absolute atomic E-state index is 5.57. The zero-order chi connectivity index (χ0) is 12.7. The Morgan fingerprint density at radius 3 is 2.94 bits per heavy atom. The van der Waals surface area contributed by atoms with Gasteiger partial charge in [-0.3, -0.25) is 0 Å². The van der Waals surface area contributed by atoms with E-state index in [1.807, 2.05) is 6.07 Å². The van der Waals surface area contributed by atoms with Crippen molar-refractivity contribution in [2.24, 2.45) is 0 Å². The minimum absolute atomic E-state index is 0.354. The number of hydrogen-bond donors (Lipinski definition) is 1. The van der Waals surface area contributed by atoms with E-state index < -0.39 is 0 Å². The Morgan fingerprint density at radius 2 is 2.28 bits per heavy atom. The number of rotatable bonds is 2. The van der Waals surface area contributed by atoms with E-state index >= 15 is 0 Å². The zero-order valence-corrected chi connectivity index (χ0v) is 11.3. The van der Waals surface area contributed by atoms with Crippen molar-refractivity contribution in [1.29, 1.82) is 0 Å². The van der Waals surface area contributed by atoms with Crippen molar-refractivity contribution in [1.82, 2.24) is 5.16 Å². The van der Waals surface area contributed by atoms with Gasteiger partial charge in [0, 0.05) is 28.1 Å². The molecule has 2 heterocycles. The second kappa shape index (κ2) is 4.20. The van der Waals surface area contributed by atoms with Crippen LogP contribution in [0.5, 0.6) is 11.5 Å². The van der Waals surface area contributed by atoms with Gasteiger partial charge in [0.1, 0.15) is 0 Å². The lowest BCUT2D eigenvalue weighted by Crippen LogP contribution is -1.91. The van der Waals surface area contributed by atoms with Crippen LogP contribution in [0.15, 0.2) is 21.1 Å². The standard InChI is InChI=1S/C12H11BrN2O3/c1-16-9-4-7(8-5-10(14)15-18-8)11(13)6-2-3-17-12(6)9/h4-5H,2-3H2,1H3,(H2,14,15). The van der Waals surface area contributed by atoms with Gasteiger partial charge in [-0.15, -0.1) is 0 Å². The van der Waals surface area contributed by atoms with Crippen molar-refractivity contribution < 1.29 is 14.0 Å². The smallest absolute Gasteiger partial charge is 0.170 e. The summed E-state index contributed by atoms with van der Waals surface area (Å²) in [5.41, 5.74) is 7.52. The Labute approximate surface area is 112 Å². The first-order chi connectivity index (χ1) is 8.70. The molecule has 6 heteroatoms. The van der Waals surface area contributed by atoms with E-state index in [2.05, 4.69) is 21.1 Å². The number of nitrogens with two attached hydrogens (primary N) is 1. The molecule has 0 radical (unpaired) electrons. The molecule has 0 aliphatic carbocycles. The van der Waals surface area contributed by atoms with E-state index in [9.17, 15) is 0 Å². The lowest BCUT2D eigenvalue weighted by molar-refractivity contribution is 0.326. The molecule has 0 unspecified atom stereocenters. The van der Waals surface area contributed by atoms with Gasteiger partial charge in [0.2, 0.25) is 0 Å². The topological polar surface area (TPSA) is 70.5 Å². The van der Waals surface area contributed by atoms with Crippen molar-refractivity contribution in [3.05, 3.63) is 22.2 Å². The predicted molar refractivity (Wildman–Crippen MR) is 69.8 cm³/mol. The molecule has 0 saturated heterocycles. The van der Waals surface area contributed by atoms with Crippen LogP contribution in [-0.4, -0.2) is 18.9 Å². The molecule has 0 atom stereocenters. The summed E-state index contributed by atoms with van der Waals surface area (Å²) in [4.78, 5) is 0. The van der Waals surface area contributed by atoms with Gasteiger partial charge >= 0.3 is 0 Å². The molecule has 3 rings (SSSR count). The monoisotopic (exact) mass is 310 g/mol. The number of fused-ring (bicyclic) bond motifs is 1. The van der Waals surface area contributed by atoms with Crippen molar-refractivity contribution in [3.63, 3.8) is 0 Å². The van der Waals surface area contributed by atoms with Crippen molar-refractivity contribution in [2.75, 3.05) is 19.5 Å². The predicted octanol–water partition coefficient (Wildman–Crippen LogP) is 2.63. The minimum atomic E-state index is 0.354. The first kappa shape index (κ1) is 11.4. The van der Waals surface area contributed by atoms with E-state index in [1.165, 1.54) is 0 Å². The summed E-state index contributed by atoms with van der Waals surface area (Å²) >= 11 is 3.58. The molecule has 0 saturated carbocycles. The fourth-order valence-electron chi connectivity index (χ4n) is 2.05. The van der Waals surface area contributed by atoms with Crippen LogP contribution in [-0.2, 0) is 6.42 Å². The molecular formula is C12H11BrN2O3. The van der Waals surface area contributed by atoms with Gasteiger partial charge in [-0.25, -0.2) is 0 Å². The number of nitrogen functional groups attached to an aromatic ring is 1. The summed E-state index contributed by atoms with van der Waals surface area (Å²) in [5.74, 6) is 2.44. The second-order valence-electron chi connectivity index (χ2n) is 3.96. The van der Waals surface area contributed by atoms with Crippen molar-refractivity contribution >= 4 is 21.7 Å². The average Bonchev–Trinajstić information content (AvgIpc) is 2.99. The number of ether oxygens (including phenoxy) is 2. The molecule has 18 heavy (non-hydrogen) atoms. The Morgan fingerprint density at radius 1 is 1.44 bits per heavy atom. The maximum Gasteiger partial charge on any atom is 0.170 e. The number of benzene rings is 1. The van der Waals surface area contributed by atoms with Gasteiger partial charge in [-0.05, 0) is 22.0 Å². The van der Waals surface area contributed by atoms with Crippen molar-refractivity contribution in [2.45, 2.75) is 6.42 Å². The molecule has 1 aliphatic rings. The lowest BCUT2D eigenvalue weighted by atomic mass is 10.1. The van der Waals surface area contributed by atoms with E-state index in [4.69, 9.17) is 19.7 Å². The summed E-state index contributed by atoms with van der Waals surface area (Å²) < 4.78 is 17.0. The third kappa shape index (κ3) is 1.64. The highest BCUT2D eigenvalue weighted by Gasteiger charge is 2.24. The van der Waals surface area contributed by atoms with Crippen LogP contribution in [0.1, 0.15) is 5.56 Å². The fraction of sp³-hybridized carbons (Fsp3) is 0.250. The van der Waals surface area contributed by atoms with Crippen LogP contribution < -0.4 is 15.2 Å². The van der Waals surface area contributed by atoms with E-state index in [0.29, 0.717) is 23.9 Å². The highest BCUT2D eigenvalue weighted by molar-refractivity contribution is 9.10. The minimum Gasteiger partial charge on any atom is -0.493 e. The Balaban J connectivity index is 2.21. The van der Waals surface area contributed by atoms with E-state index in [1.54, 1.807) is 13.2 Å². The van der Waals surface area contributed by atoms with Gasteiger partial charge in [-0.2, -0.15) is 0 Å². The van der Waals surface area contributed by atoms with Crippen LogP contribution in [0.4, 0.5) is 5.82 Å². The summed E-state index contributed by atoms with van der Waals surface area (Å²) in [7, 11) is 1.61. The average molecular weight is 311 g/mol. The van der Waals surface area contributed by atoms with Gasteiger partial charge in [0.05, 0.1) is 13.7 Å².